The molecule has 4 nitrogen and oxygen atoms in total. The van der Waals surface area contributed by atoms with Crippen LogP contribution in [0.2, 0.25) is 0 Å². The largest absolute Gasteiger partial charge is 0.416 e. The summed E-state index contributed by atoms with van der Waals surface area (Å²) in [7, 11) is 0.0870. The average molecular weight is 483 g/mol. The van der Waals surface area contributed by atoms with Crippen LogP contribution in [0.3, 0.4) is 0 Å². The van der Waals surface area contributed by atoms with Gasteiger partial charge in [-0.25, -0.2) is 0 Å². The summed E-state index contributed by atoms with van der Waals surface area (Å²) in [6, 6.07) is 11.9. The summed E-state index contributed by atoms with van der Waals surface area (Å²) in [5.74, 6) is 1.02. The summed E-state index contributed by atoms with van der Waals surface area (Å²) in [5.41, 5.74) is 0.249. The van der Waals surface area contributed by atoms with E-state index in [0.29, 0.717) is 17.1 Å². The third-order valence-electron chi connectivity index (χ3n) is 6.42. The Balaban J connectivity index is 2.00. The van der Waals surface area contributed by atoms with E-state index in [-0.39, 0.29) is 17.7 Å². The van der Waals surface area contributed by atoms with Crippen LogP contribution in [0.25, 0.3) is 0 Å². The van der Waals surface area contributed by atoms with Gasteiger partial charge in [-0.2, -0.15) is 13.2 Å². The number of anilines is 2. The van der Waals surface area contributed by atoms with Crippen molar-refractivity contribution < 1.29 is 22.3 Å². The van der Waals surface area contributed by atoms with E-state index in [2.05, 4.69) is 25.9 Å². The predicted octanol–water partition coefficient (Wildman–Crippen LogP) is 7.18. The minimum Gasteiger partial charge on any atom is -0.378 e. The Labute approximate surface area is 195 Å². The molecule has 0 heterocycles. The Bertz CT molecular complexity index is 976. The number of halogens is 3. The Hall–Kier alpha value is -1.98. The van der Waals surface area contributed by atoms with E-state index in [1.165, 1.54) is 12.1 Å². The zero-order valence-electron chi connectivity index (χ0n) is 19.9. The molecule has 3 rings (SSSR count). The summed E-state index contributed by atoms with van der Waals surface area (Å²) < 4.78 is 60.5. The van der Waals surface area contributed by atoms with Crippen molar-refractivity contribution in [2.24, 2.45) is 17.8 Å². The van der Waals surface area contributed by atoms with Gasteiger partial charge in [-0.3, -0.25) is 4.57 Å². The SMILES string of the molecule is CC1CCC(C(C)C)C(OP(=O)(Nc2cccc(C(F)(F)F)c2)c2ccc(N(C)C)cc2)C1. The first-order valence-electron chi connectivity index (χ1n) is 11.4. The molecule has 1 N–H and O–H groups in total. The van der Waals surface area contributed by atoms with Gasteiger partial charge in [0.2, 0.25) is 0 Å². The third-order valence-corrected chi connectivity index (χ3v) is 8.52. The lowest BCUT2D eigenvalue weighted by Crippen LogP contribution is -2.35. The van der Waals surface area contributed by atoms with Crippen molar-refractivity contribution in [1.29, 1.82) is 0 Å². The molecule has 4 unspecified atom stereocenters. The minimum atomic E-state index is -4.49. The highest BCUT2D eigenvalue weighted by Crippen LogP contribution is 2.51. The number of nitrogens with zero attached hydrogens (tertiary/aromatic N) is 1. The fourth-order valence-corrected chi connectivity index (χ4v) is 6.41. The van der Waals surface area contributed by atoms with Crippen LogP contribution in [0.1, 0.15) is 45.6 Å². The molecule has 1 aliphatic carbocycles. The second-order valence-corrected chi connectivity index (χ2v) is 11.7. The molecule has 0 radical (unpaired) electrons. The number of nitrogens with one attached hydrogen (secondary N) is 1. The Kier molecular flexibility index (Phi) is 7.85. The van der Waals surface area contributed by atoms with Crippen LogP contribution in [0.4, 0.5) is 24.5 Å². The molecule has 1 fully saturated rings. The predicted molar refractivity (Wildman–Crippen MR) is 129 cm³/mol. The smallest absolute Gasteiger partial charge is 0.378 e. The highest BCUT2D eigenvalue weighted by molar-refractivity contribution is 7.68. The van der Waals surface area contributed by atoms with Gasteiger partial charge in [-0.1, -0.05) is 33.3 Å². The Morgan fingerprint density at radius 1 is 1.09 bits per heavy atom. The number of benzene rings is 2. The molecule has 0 aromatic heterocycles. The number of rotatable bonds is 7. The van der Waals surface area contributed by atoms with Crippen molar-refractivity contribution in [3.05, 3.63) is 54.1 Å². The number of hydrogen-bond donors (Lipinski definition) is 1. The van der Waals surface area contributed by atoms with Crippen molar-refractivity contribution in [1.82, 2.24) is 0 Å². The highest BCUT2D eigenvalue weighted by atomic mass is 31.2. The molecule has 0 saturated heterocycles. The first-order valence-corrected chi connectivity index (χ1v) is 13.0. The van der Waals surface area contributed by atoms with Gasteiger partial charge in [0.05, 0.1) is 17.0 Å². The van der Waals surface area contributed by atoms with Crippen LogP contribution in [0.15, 0.2) is 48.5 Å². The van der Waals surface area contributed by atoms with Gasteiger partial charge in [-0.05, 0) is 73.1 Å². The van der Waals surface area contributed by atoms with Crippen molar-refractivity contribution in [3.63, 3.8) is 0 Å². The van der Waals surface area contributed by atoms with Gasteiger partial charge in [-0.15, -0.1) is 0 Å². The fraction of sp³-hybridized carbons (Fsp3) is 0.520. The first kappa shape index (κ1) is 25.6. The lowest BCUT2D eigenvalue weighted by atomic mass is 9.75. The number of hydrogen-bond acceptors (Lipinski definition) is 3. The van der Waals surface area contributed by atoms with Crippen LogP contribution in [0.5, 0.6) is 0 Å². The number of alkyl halides is 3. The van der Waals surface area contributed by atoms with E-state index >= 15 is 0 Å². The van der Waals surface area contributed by atoms with Gasteiger partial charge >= 0.3 is 13.7 Å². The quantitative estimate of drug-likeness (QED) is 0.425. The molecule has 0 spiro atoms. The second-order valence-electron chi connectivity index (χ2n) is 9.62. The lowest BCUT2D eigenvalue weighted by molar-refractivity contribution is -0.137. The Morgan fingerprint density at radius 3 is 2.33 bits per heavy atom. The minimum absolute atomic E-state index is 0.120. The van der Waals surface area contributed by atoms with E-state index in [1.54, 1.807) is 12.1 Å². The summed E-state index contributed by atoms with van der Waals surface area (Å²) in [4.78, 5) is 1.92. The second kappa shape index (κ2) is 10.1. The van der Waals surface area contributed by atoms with Gasteiger partial charge < -0.3 is 14.5 Å². The molecule has 182 valence electrons. The molecule has 1 aliphatic rings. The highest BCUT2D eigenvalue weighted by Gasteiger charge is 2.38. The average Bonchev–Trinajstić information content (AvgIpc) is 2.73. The molecular formula is C25H34F3N2O2P. The van der Waals surface area contributed by atoms with Crippen LogP contribution in [0, 0.1) is 17.8 Å². The molecule has 0 bridgehead atoms. The molecule has 33 heavy (non-hydrogen) atoms. The summed E-state index contributed by atoms with van der Waals surface area (Å²) in [5, 5.41) is 3.31. The van der Waals surface area contributed by atoms with Crippen LogP contribution in [-0.2, 0) is 15.3 Å². The van der Waals surface area contributed by atoms with Crippen LogP contribution in [-0.4, -0.2) is 20.2 Å². The fourth-order valence-electron chi connectivity index (χ4n) is 4.46. The third kappa shape index (κ3) is 6.33. The summed E-state index contributed by atoms with van der Waals surface area (Å²) in [6.45, 7) is 6.42. The summed E-state index contributed by atoms with van der Waals surface area (Å²) in [6.07, 6.45) is -1.89. The maximum Gasteiger partial charge on any atom is 0.416 e. The summed E-state index contributed by atoms with van der Waals surface area (Å²) >= 11 is 0. The standard InChI is InChI=1S/C25H34F3N2O2P/c1-17(2)23-14-9-18(3)15-24(23)32-33(31,22-12-10-21(11-13-22)30(4)5)29-20-8-6-7-19(16-20)25(26,27)28/h6-8,10-13,16-18,23-24H,9,14-15H2,1-5H3,(H,29,31). The van der Waals surface area contributed by atoms with Gasteiger partial charge in [0.25, 0.3) is 0 Å². The topological polar surface area (TPSA) is 41.6 Å². The van der Waals surface area contributed by atoms with Gasteiger partial charge in [0.1, 0.15) is 0 Å². The van der Waals surface area contributed by atoms with Gasteiger partial charge in [0.15, 0.2) is 0 Å². The molecule has 2 aromatic rings. The molecular weight excluding hydrogens is 448 g/mol. The molecule has 2 aromatic carbocycles. The van der Waals surface area contributed by atoms with Crippen LogP contribution >= 0.6 is 7.52 Å². The maximum absolute atomic E-state index is 14.3. The van der Waals surface area contributed by atoms with Crippen molar-refractivity contribution >= 4 is 24.2 Å². The molecule has 1 saturated carbocycles. The zero-order chi connectivity index (χ0) is 24.4. The lowest BCUT2D eigenvalue weighted by Gasteiger charge is -2.39. The monoisotopic (exact) mass is 482 g/mol. The molecule has 4 atom stereocenters. The Morgan fingerprint density at radius 2 is 1.76 bits per heavy atom. The van der Waals surface area contributed by atoms with Crippen molar-refractivity contribution in [2.45, 2.75) is 52.3 Å². The zero-order valence-corrected chi connectivity index (χ0v) is 20.8. The van der Waals surface area contributed by atoms with Crippen molar-refractivity contribution in [3.8, 4) is 0 Å². The molecule has 8 heteroatoms. The molecule has 0 aliphatic heterocycles. The maximum atomic E-state index is 14.3. The van der Waals surface area contributed by atoms with E-state index in [4.69, 9.17) is 4.52 Å². The normalized spacial score (nSPS) is 23.2. The molecule has 0 amide bonds. The van der Waals surface area contributed by atoms with Crippen molar-refractivity contribution in [2.75, 3.05) is 24.1 Å². The van der Waals surface area contributed by atoms with Crippen LogP contribution < -0.4 is 15.3 Å². The van der Waals surface area contributed by atoms with E-state index in [9.17, 15) is 17.7 Å². The van der Waals surface area contributed by atoms with E-state index in [0.717, 1.165) is 37.1 Å². The van der Waals surface area contributed by atoms with Gasteiger partial charge in [0, 0.05) is 25.5 Å². The van der Waals surface area contributed by atoms with E-state index in [1.807, 2.05) is 31.1 Å². The van der Waals surface area contributed by atoms with E-state index < -0.39 is 19.3 Å². The first-order chi connectivity index (χ1) is 15.4.